The monoisotopic (exact) mass is 528 g/mol. The zero-order chi connectivity index (χ0) is 16.9. The highest BCUT2D eigenvalue weighted by Gasteiger charge is 2.06. The lowest BCUT2D eigenvalue weighted by molar-refractivity contribution is 0.324. The predicted octanol–water partition coefficient (Wildman–Crippen LogP) is 5.14. The van der Waals surface area contributed by atoms with Gasteiger partial charge in [0, 0.05) is 30.7 Å². The van der Waals surface area contributed by atoms with E-state index in [1.807, 2.05) is 27.0 Å². The maximum Gasteiger partial charge on any atom is 0.217 e. The first kappa shape index (κ1) is 19.5. The van der Waals surface area contributed by atoms with Gasteiger partial charge in [-0.3, -0.25) is 0 Å². The minimum atomic E-state index is -0.366. The summed E-state index contributed by atoms with van der Waals surface area (Å²) in [7, 11) is 0. The molecule has 0 radical (unpaired) electrons. The minimum absolute atomic E-state index is 0.366. The molecule has 120 valence electrons. The van der Waals surface area contributed by atoms with E-state index in [-0.39, 0.29) is 5.95 Å². The van der Waals surface area contributed by atoms with Crippen LogP contribution in [0.1, 0.15) is 29.2 Å². The van der Waals surface area contributed by atoms with E-state index >= 15 is 0 Å². The fraction of sp³-hybridized carbons (Fsp3) is 0.375. The van der Waals surface area contributed by atoms with Crippen molar-refractivity contribution >= 4 is 45.2 Å². The molecule has 0 aliphatic heterocycles. The summed E-state index contributed by atoms with van der Waals surface area (Å²) < 4.78 is 20.2. The molecule has 0 saturated carbocycles. The van der Waals surface area contributed by atoms with Crippen molar-refractivity contribution in [1.29, 1.82) is 0 Å². The second kappa shape index (κ2) is 8.95. The van der Waals surface area contributed by atoms with Gasteiger partial charge in [0.15, 0.2) is 0 Å². The lowest BCUT2D eigenvalue weighted by Crippen LogP contribution is -1.99. The summed E-state index contributed by atoms with van der Waals surface area (Å²) in [6.45, 7) is 10.4. The normalized spacial score (nSPS) is 10.0. The van der Waals surface area contributed by atoms with Gasteiger partial charge in [-0.2, -0.15) is 4.39 Å². The first-order valence-electron chi connectivity index (χ1n) is 6.81. The summed E-state index contributed by atoms with van der Waals surface area (Å²) in [6.07, 6.45) is 3.39. The summed E-state index contributed by atoms with van der Waals surface area (Å²) >= 11 is 4.43. The van der Waals surface area contributed by atoms with E-state index in [0.29, 0.717) is 12.2 Å². The fourth-order valence-electron chi connectivity index (χ4n) is 1.67. The van der Waals surface area contributed by atoms with Crippen molar-refractivity contribution in [2.24, 2.45) is 0 Å². The molecule has 0 bridgehead atoms. The van der Waals surface area contributed by atoms with Crippen molar-refractivity contribution in [1.82, 2.24) is 9.97 Å². The highest BCUT2D eigenvalue weighted by atomic mass is 127. The minimum Gasteiger partial charge on any atom is -0.478 e. The van der Waals surface area contributed by atoms with E-state index in [0.717, 1.165) is 20.6 Å². The molecule has 0 N–H and O–H groups in total. The Bertz CT molecular complexity index is 636. The number of aryl methyl sites for hydroxylation is 2. The van der Waals surface area contributed by atoms with E-state index in [4.69, 9.17) is 4.74 Å². The van der Waals surface area contributed by atoms with Crippen LogP contribution in [0.3, 0.4) is 0 Å². The Morgan fingerprint density at radius 2 is 1.45 bits per heavy atom. The number of pyridine rings is 2. The van der Waals surface area contributed by atoms with Crippen LogP contribution < -0.4 is 4.74 Å². The third kappa shape index (κ3) is 5.00. The van der Waals surface area contributed by atoms with Gasteiger partial charge in [0.05, 0.1) is 6.61 Å². The zero-order valence-corrected chi connectivity index (χ0v) is 17.6. The van der Waals surface area contributed by atoms with Crippen molar-refractivity contribution < 1.29 is 9.13 Å². The molecule has 3 nitrogen and oxygen atoms in total. The Hall–Kier alpha value is -0.510. The number of aromatic nitrogens is 2. The highest BCUT2D eigenvalue weighted by molar-refractivity contribution is 14.1. The molecule has 0 saturated heterocycles. The van der Waals surface area contributed by atoms with Gasteiger partial charge in [-0.25, -0.2) is 9.97 Å². The molecule has 22 heavy (non-hydrogen) atoms. The highest BCUT2D eigenvalue weighted by Crippen LogP contribution is 2.22. The maximum absolute atomic E-state index is 12.6. The fourth-order valence-corrected chi connectivity index (χ4v) is 2.41. The smallest absolute Gasteiger partial charge is 0.217 e. The Balaban J connectivity index is 0.000000224. The number of ether oxygens (including phenoxy) is 1. The third-order valence-electron chi connectivity index (χ3n) is 3.01. The number of nitrogens with zero attached hydrogens (tertiary/aromatic N) is 2. The SMILES string of the molecule is CCOc1ncc(C)c(I)c1C.Cc1cnc(F)c(C)c1I. The molecular formula is C16H19FI2N2O. The van der Waals surface area contributed by atoms with Crippen molar-refractivity contribution in [3.8, 4) is 5.88 Å². The van der Waals surface area contributed by atoms with E-state index in [2.05, 4.69) is 62.1 Å². The first-order valence-corrected chi connectivity index (χ1v) is 8.97. The number of hydrogen-bond donors (Lipinski definition) is 0. The molecule has 2 aromatic heterocycles. The van der Waals surface area contributed by atoms with Gasteiger partial charge in [-0.15, -0.1) is 0 Å². The topological polar surface area (TPSA) is 35.0 Å². The van der Waals surface area contributed by atoms with Crippen LogP contribution in [0, 0.1) is 40.8 Å². The van der Waals surface area contributed by atoms with Crippen LogP contribution in [-0.2, 0) is 0 Å². The van der Waals surface area contributed by atoms with Gasteiger partial charge in [-0.05, 0) is 90.9 Å². The van der Waals surface area contributed by atoms with Crippen LogP contribution in [0.2, 0.25) is 0 Å². The molecule has 2 aromatic rings. The average Bonchev–Trinajstić information content (AvgIpc) is 2.50. The molecule has 0 amide bonds. The van der Waals surface area contributed by atoms with Gasteiger partial charge in [0.25, 0.3) is 0 Å². The van der Waals surface area contributed by atoms with Gasteiger partial charge in [0.1, 0.15) is 0 Å². The van der Waals surface area contributed by atoms with Crippen molar-refractivity contribution in [2.75, 3.05) is 6.61 Å². The molecule has 2 rings (SSSR count). The van der Waals surface area contributed by atoms with Gasteiger partial charge >= 0.3 is 0 Å². The molecular weight excluding hydrogens is 509 g/mol. The summed E-state index contributed by atoms with van der Waals surface area (Å²) in [6, 6.07) is 0. The van der Waals surface area contributed by atoms with E-state index < -0.39 is 0 Å². The number of hydrogen-bond acceptors (Lipinski definition) is 3. The number of halogens is 3. The van der Waals surface area contributed by atoms with Crippen molar-refractivity contribution in [3.05, 3.63) is 47.7 Å². The predicted molar refractivity (Wildman–Crippen MR) is 104 cm³/mol. The van der Waals surface area contributed by atoms with Crippen molar-refractivity contribution in [3.63, 3.8) is 0 Å². The summed E-state index contributed by atoms with van der Waals surface area (Å²) in [5.41, 5.74) is 4.01. The maximum atomic E-state index is 12.6. The summed E-state index contributed by atoms with van der Waals surface area (Å²) in [5.74, 6) is 0.391. The molecule has 0 aliphatic carbocycles. The Morgan fingerprint density at radius 3 is 1.95 bits per heavy atom. The summed E-state index contributed by atoms with van der Waals surface area (Å²) in [5, 5.41) is 0. The van der Waals surface area contributed by atoms with E-state index in [1.165, 1.54) is 9.13 Å². The summed E-state index contributed by atoms with van der Waals surface area (Å²) in [4.78, 5) is 7.77. The standard InChI is InChI=1S/C9H12INO.C7H7FIN/c1-4-12-9-7(3)8(10)6(2)5-11-9;1-4-3-10-7(8)5(2)6(4)9/h5H,4H2,1-3H3;3H,1-2H3. The van der Waals surface area contributed by atoms with Crippen LogP contribution >= 0.6 is 45.2 Å². The van der Waals surface area contributed by atoms with E-state index in [1.54, 1.807) is 13.1 Å². The van der Waals surface area contributed by atoms with Crippen molar-refractivity contribution in [2.45, 2.75) is 34.6 Å². The van der Waals surface area contributed by atoms with Crippen LogP contribution in [-0.4, -0.2) is 16.6 Å². The molecule has 0 fully saturated rings. The molecule has 0 unspecified atom stereocenters. The largest absolute Gasteiger partial charge is 0.478 e. The third-order valence-corrected chi connectivity index (χ3v) is 6.33. The first-order chi connectivity index (χ1) is 10.3. The molecule has 0 spiro atoms. The van der Waals surface area contributed by atoms with E-state index in [9.17, 15) is 4.39 Å². The van der Waals surface area contributed by atoms with Gasteiger partial charge in [-0.1, -0.05) is 0 Å². The Kier molecular flexibility index (Phi) is 7.95. The molecule has 0 aromatic carbocycles. The van der Waals surface area contributed by atoms with Gasteiger partial charge < -0.3 is 4.74 Å². The van der Waals surface area contributed by atoms with Gasteiger partial charge in [0.2, 0.25) is 11.8 Å². The molecule has 6 heteroatoms. The lowest BCUT2D eigenvalue weighted by Gasteiger charge is -2.08. The second-order valence-corrected chi connectivity index (χ2v) is 6.95. The number of rotatable bonds is 2. The quantitative estimate of drug-likeness (QED) is 0.400. The second-order valence-electron chi connectivity index (χ2n) is 4.79. The molecule has 2 heterocycles. The zero-order valence-electron chi connectivity index (χ0n) is 13.3. The Morgan fingerprint density at radius 1 is 0.955 bits per heavy atom. The molecule has 0 aliphatic rings. The van der Waals surface area contributed by atoms with Crippen LogP contribution in [0.5, 0.6) is 5.88 Å². The lowest BCUT2D eigenvalue weighted by atomic mass is 10.2. The average molecular weight is 528 g/mol. The molecule has 0 atom stereocenters. The van der Waals surface area contributed by atoms with Crippen LogP contribution in [0.15, 0.2) is 12.4 Å². The van der Waals surface area contributed by atoms with Crippen LogP contribution in [0.4, 0.5) is 4.39 Å². The Labute approximate surface area is 158 Å². The van der Waals surface area contributed by atoms with Crippen LogP contribution in [0.25, 0.3) is 0 Å².